The monoisotopic (exact) mass is 256 g/mol. The van der Waals surface area contributed by atoms with Crippen molar-refractivity contribution in [2.45, 2.75) is 9.79 Å². The van der Waals surface area contributed by atoms with Crippen LogP contribution in [0.2, 0.25) is 0 Å². The van der Waals surface area contributed by atoms with E-state index in [9.17, 15) is 0 Å². The van der Waals surface area contributed by atoms with Crippen molar-refractivity contribution in [2.75, 3.05) is 12.8 Å². The molecule has 2 aromatic carbocycles. The highest BCUT2D eigenvalue weighted by Crippen LogP contribution is 2.30. The van der Waals surface area contributed by atoms with Crippen LogP contribution in [0.4, 0.5) is 5.69 Å². The topological polar surface area (TPSA) is 59.0 Å². The number of hydrogen-bond acceptors (Lipinski definition) is 4. The average Bonchev–Trinajstić information content (AvgIpc) is 2.42. The van der Waals surface area contributed by atoms with Gasteiger partial charge in [-0.25, -0.2) is 0 Å². The summed E-state index contributed by atoms with van der Waals surface area (Å²) in [5, 5.41) is 8.92. The Hall–Kier alpha value is -2.12. The maximum Gasteiger partial charge on any atom is 0.118 e. The Labute approximate surface area is 110 Å². The van der Waals surface area contributed by atoms with E-state index in [1.807, 2.05) is 30.3 Å². The lowest BCUT2D eigenvalue weighted by Gasteiger charge is -2.05. The molecule has 0 aliphatic rings. The summed E-state index contributed by atoms with van der Waals surface area (Å²) < 4.78 is 5.10. The zero-order valence-corrected chi connectivity index (χ0v) is 10.7. The highest BCUT2D eigenvalue weighted by Gasteiger charge is 2.02. The number of rotatable bonds is 3. The average molecular weight is 256 g/mol. The molecule has 0 unspecified atom stereocenters. The fraction of sp³-hybridized carbons (Fsp3) is 0.0714. The first-order valence-electron chi connectivity index (χ1n) is 5.34. The fourth-order valence-electron chi connectivity index (χ4n) is 1.48. The van der Waals surface area contributed by atoms with Crippen LogP contribution in [0.3, 0.4) is 0 Å². The third-order valence-electron chi connectivity index (χ3n) is 2.44. The summed E-state index contributed by atoms with van der Waals surface area (Å²) in [6.07, 6.45) is 0. The molecule has 2 rings (SSSR count). The van der Waals surface area contributed by atoms with Gasteiger partial charge in [0, 0.05) is 15.5 Å². The summed E-state index contributed by atoms with van der Waals surface area (Å²) >= 11 is 1.58. The highest BCUT2D eigenvalue weighted by atomic mass is 32.2. The van der Waals surface area contributed by atoms with Crippen LogP contribution in [-0.4, -0.2) is 7.11 Å². The van der Waals surface area contributed by atoms with E-state index < -0.39 is 0 Å². The molecule has 90 valence electrons. The third kappa shape index (κ3) is 2.76. The predicted molar refractivity (Wildman–Crippen MR) is 72.7 cm³/mol. The second-order valence-corrected chi connectivity index (χ2v) is 4.79. The van der Waals surface area contributed by atoms with Crippen molar-refractivity contribution in [2.24, 2.45) is 0 Å². The van der Waals surface area contributed by atoms with E-state index in [-0.39, 0.29) is 0 Å². The van der Waals surface area contributed by atoms with Crippen molar-refractivity contribution >= 4 is 17.4 Å². The van der Waals surface area contributed by atoms with Crippen LogP contribution in [0.15, 0.2) is 52.3 Å². The molecule has 0 amide bonds. The van der Waals surface area contributed by atoms with Gasteiger partial charge in [0.2, 0.25) is 0 Å². The Morgan fingerprint density at radius 1 is 1.11 bits per heavy atom. The van der Waals surface area contributed by atoms with Crippen molar-refractivity contribution in [3.8, 4) is 11.8 Å². The molecule has 4 heteroatoms. The summed E-state index contributed by atoms with van der Waals surface area (Å²) in [6.45, 7) is 0. The molecular formula is C14H12N2OS. The lowest BCUT2D eigenvalue weighted by Crippen LogP contribution is -1.89. The fourth-order valence-corrected chi connectivity index (χ4v) is 2.33. The van der Waals surface area contributed by atoms with Crippen LogP contribution in [0.5, 0.6) is 5.75 Å². The Morgan fingerprint density at radius 2 is 1.78 bits per heavy atom. The number of methoxy groups -OCH3 is 1. The largest absolute Gasteiger partial charge is 0.497 e. The van der Waals surface area contributed by atoms with Crippen molar-refractivity contribution < 1.29 is 4.74 Å². The van der Waals surface area contributed by atoms with Gasteiger partial charge >= 0.3 is 0 Å². The van der Waals surface area contributed by atoms with Gasteiger partial charge < -0.3 is 10.5 Å². The molecule has 0 fully saturated rings. The van der Waals surface area contributed by atoms with Crippen LogP contribution in [-0.2, 0) is 0 Å². The van der Waals surface area contributed by atoms with Crippen LogP contribution in [0.25, 0.3) is 0 Å². The Morgan fingerprint density at radius 3 is 2.39 bits per heavy atom. The standard InChI is InChI=1S/C14H12N2OS/c1-17-11-2-4-12(5-3-11)18-13-6-7-14(16)10(8-13)9-15/h2-8H,16H2,1H3. The maximum absolute atomic E-state index is 8.92. The molecular weight excluding hydrogens is 244 g/mol. The summed E-state index contributed by atoms with van der Waals surface area (Å²) in [5.74, 6) is 0.828. The van der Waals surface area contributed by atoms with Crippen molar-refractivity contribution in [3.63, 3.8) is 0 Å². The van der Waals surface area contributed by atoms with E-state index in [0.717, 1.165) is 15.5 Å². The highest BCUT2D eigenvalue weighted by molar-refractivity contribution is 7.99. The first-order chi connectivity index (χ1) is 8.72. The molecule has 3 nitrogen and oxygen atoms in total. The number of nitrogen functional groups attached to an aromatic ring is 1. The molecule has 0 bridgehead atoms. The number of anilines is 1. The van der Waals surface area contributed by atoms with E-state index in [0.29, 0.717) is 11.3 Å². The van der Waals surface area contributed by atoms with Crippen LogP contribution in [0, 0.1) is 11.3 Å². The van der Waals surface area contributed by atoms with Gasteiger partial charge in [0.05, 0.1) is 12.7 Å². The summed E-state index contributed by atoms with van der Waals surface area (Å²) in [6, 6.07) is 15.3. The van der Waals surface area contributed by atoms with Crippen molar-refractivity contribution in [1.82, 2.24) is 0 Å². The number of nitrogens with two attached hydrogens (primary N) is 1. The number of hydrogen-bond donors (Lipinski definition) is 1. The molecule has 0 aliphatic heterocycles. The van der Waals surface area contributed by atoms with Gasteiger partial charge in [-0.1, -0.05) is 11.8 Å². The Bertz CT molecular complexity index is 588. The van der Waals surface area contributed by atoms with E-state index in [1.54, 1.807) is 31.0 Å². The molecule has 0 radical (unpaired) electrons. The lowest BCUT2D eigenvalue weighted by atomic mass is 10.2. The SMILES string of the molecule is COc1ccc(Sc2ccc(N)c(C#N)c2)cc1. The Kier molecular flexibility index (Phi) is 3.75. The summed E-state index contributed by atoms with van der Waals surface area (Å²) in [7, 11) is 1.64. The molecule has 0 aromatic heterocycles. The van der Waals surface area contributed by atoms with E-state index in [4.69, 9.17) is 15.7 Å². The van der Waals surface area contributed by atoms with Crippen LogP contribution >= 0.6 is 11.8 Å². The Balaban J connectivity index is 2.20. The second-order valence-electron chi connectivity index (χ2n) is 3.64. The van der Waals surface area contributed by atoms with E-state index >= 15 is 0 Å². The second kappa shape index (κ2) is 5.48. The van der Waals surface area contributed by atoms with E-state index in [2.05, 4.69) is 6.07 Å². The van der Waals surface area contributed by atoms with Gasteiger partial charge in [-0.15, -0.1) is 0 Å². The zero-order valence-electron chi connectivity index (χ0n) is 9.88. The van der Waals surface area contributed by atoms with Gasteiger partial charge in [-0.05, 0) is 42.5 Å². The van der Waals surface area contributed by atoms with Crippen molar-refractivity contribution in [1.29, 1.82) is 5.26 Å². The van der Waals surface area contributed by atoms with Gasteiger partial charge in [0.25, 0.3) is 0 Å². The first-order valence-corrected chi connectivity index (χ1v) is 6.16. The van der Waals surface area contributed by atoms with Gasteiger partial charge in [0.1, 0.15) is 11.8 Å². The van der Waals surface area contributed by atoms with Gasteiger partial charge in [-0.2, -0.15) is 5.26 Å². The minimum absolute atomic E-state index is 0.508. The zero-order chi connectivity index (χ0) is 13.0. The normalized spacial score (nSPS) is 9.78. The molecule has 0 heterocycles. The van der Waals surface area contributed by atoms with Crippen LogP contribution in [0.1, 0.15) is 5.56 Å². The van der Waals surface area contributed by atoms with Gasteiger partial charge in [-0.3, -0.25) is 0 Å². The molecule has 0 saturated carbocycles. The lowest BCUT2D eigenvalue weighted by molar-refractivity contribution is 0.414. The molecule has 0 atom stereocenters. The number of nitrogens with zero attached hydrogens (tertiary/aromatic N) is 1. The molecule has 2 N–H and O–H groups in total. The maximum atomic E-state index is 8.92. The molecule has 18 heavy (non-hydrogen) atoms. The van der Waals surface area contributed by atoms with Gasteiger partial charge in [0.15, 0.2) is 0 Å². The minimum atomic E-state index is 0.508. The van der Waals surface area contributed by atoms with E-state index in [1.165, 1.54) is 0 Å². The number of nitriles is 1. The molecule has 0 spiro atoms. The quantitative estimate of drug-likeness (QED) is 0.856. The van der Waals surface area contributed by atoms with Crippen LogP contribution < -0.4 is 10.5 Å². The molecule has 2 aromatic rings. The smallest absolute Gasteiger partial charge is 0.118 e. The first kappa shape index (κ1) is 12.3. The summed E-state index contributed by atoms with van der Waals surface area (Å²) in [4.78, 5) is 2.08. The molecule has 0 saturated heterocycles. The predicted octanol–water partition coefficient (Wildman–Crippen LogP) is 3.30. The molecule has 0 aliphatic carbocycles. The minimum Gasteiger partial charge on any atom is -0.497 e. The number of ether oxygens (including phenoxy) is 1. The summed E-state index contributed by atoms with van der Waals surface area (Å²) in [5.41, 5.74) is 6.70. The number of benzene rings is 2. The third-order valence-corrected chi connectivity index (χ3v) is 3.44. The van der Waals surface area contributed by atoms with Crippen molar-refractivity contribution in [3.05, 3.63) is 48.0 Å².